The Morgan fingerprint density at radius 1 is 1.00 bits per heavy atom. The summed E-state index contributed by atoms with van der Waals surface area (Å²) in [4.78, 5) is 28.3. The maximum atomic E-state index is 12.9. The third kappa shape index (κ3) is 3.19. The predicted molar refractivity (Wildman–Crippen MR) is 103 cm³/mol. The number of hydrogen-bond donors (Lipinski definition) is 0. The third-order valence-electron chi connectivity index (χ3n) is 4.60. The van der Waals surface area contributed by atoms with Gasteiger partial charge in [-0.1, -0.05) is 23.7 Å². The lowest BCUT2D eigenvalue weighted by molar-refractivity contribution is -0.127. The highest BCUT2D eigenvalue weighted by atomic mass is 35.5. The Kier molecular flexibility index (Phi) is 4.41. The molecular weight excluding hydrogens is 364 g/mol. The van der Waals surface area contributed by atoms with E-state index in [1.54, 1.807) is 42.1 Å². The molecule has 1 aliphatic heterocycles. The average molecular weight is 381 g/mol. The number of hydrogen-bond acceptors (Lipinski definition) is 3. The molecule has 3 amide bonds. The standard InChI is InChI=1S/C20H17ClN4O2/c1-14-19(26)23(20(27)25(14)18-9-5-16(21)6-10-18)13-15-3-7-17(8-4-15)24-12-2-11-22-24/h2-12,14H,13H2,1H3. The summed E-state index contributed by atoms with van der Waals surface area (Å²) < 4.78 is 1.75. The van der Waals surface area contributed by atoms with E-state index in [1.165, 1.54) is 9.80 Å². The molecule has 0 aliphatic carbocycles. The molecule has 1 aromatic heterocycles. The van der Waals surface area contributed by atoms with Crippen molar-refractivity contribution < 1.29 is 9.59 Å². The molecule has 2 aromatic carbocycles. The van der Waals surface area contributed by atoms with E-state index in [4.69, 9.17) is 11.6 Å². The van der Waals surface area contributed by atoms with Crippen molar-refractivity contribution in [1.82, 2.24) is 14.7 Å². The minimum absolute atomic E-state index is 0.217. The molecule has 1 saturated heterocycles. The van der Waals surface area contributed by atoms with Crippen molar-refractivity contribution in [2.75, 3.05) is 4.90 Å². The van der Waals surface area contributed by atoms with Crippen LogP contribution in [-0.4, -0.2) is 32.7 Å². The second-order valence-electron chi connectivity index (χ2n) is 6.35. The van der Waals surface area contributed by atoms with Gasteiger partial charge in [-0.3, -0.25) is 14.6 Å². The van der Waals surface area contributed by atoms with Crippen LogP contribution in [0.2, 0.25) is 5.02 Å². The summed E-state index contributed by atoms with van der Waals surface area (Å²) in [6.07, 6.45) is 3.57. The summed E-state index contributed by atoms with van der Waals surface area (Å²) in [5.74, 6) is -0.217. The van der Waals surface area contributed by atoms with Gasteiger partial charge in [-0.05, 0) is 55.0 Å². The molecule has 1 fully saturated rings. The number of imide groups is 1. The Labute approximate surface area is 161 Å². The van der Waals surface area contributed by atoms with E-state index in [2.05, 4.69) is 5.10 Å². The number of benzene rings is 2. The van der Waals surface area contributed by atoms with Crippen LogP contribution in [0.4, 0.5) is 10.5 Å². The van der Waals surface area contributed by atoms with Crippen molar-refractivity contribution in [1.29, 1.82) is 0 Å². The van der Waals surface area contributed by atoms with E-state index in [0.29, 0.717) is 10.7 Å². The van der Waals surface area contributed by atoms with Gasteiger partial charge in [0.25, 0.3) is 5.91 Å². The molecule has 1 aliphatic rings. The summed E-state index contributed by atoms with van der Waals surface area (Å²) in [7, 11) is 0. The van der Waals surface area contributed by atoms with Gasteiger partial charge in [-0.25, -0.2) is 9.48 Å². The lowest BCUT2D eigenvalue weighted by atomic mass is 10.2. The van der Waals surface area contributed by atoms with Crippen LogP contribution >= 0.6 is 11.6 Å². The van der Waals surface area contributed by atoms with Crippen LogP contribution in [0.3, 0.4) is 0 Å². The minimum Gasteiger partial charge on any atom is -0.282 e. The van der Waals surface area contributed by atoms with Gasteiger partial charge >= 0.3 is 6.03 Å². The van der Waals surface area contributed by atoms with E-state index >= 15 is 0 Å². The van der Waals surface area contributed by atoms with Gasteiger partial charge in [0.05, 0.1) is 12.2 Å². The molecule has 27 heavy (non-hydrogen) atoms. The molecule has 6 nitrogen and oxygen atoms in total. The predicted octanol–water partition coefficient (Wildman–Crippen LogP) is 3.88. The molecule has 0 saturated carbocycles. The van der Waals surface area contributed by atoms with Crippen molar-refractivity contribution in [2.24, 2.45) is 0 Å². The SMILES string of the molecule is CC1C(=O)N(Cc2ccc(-n3cccn3)cc2)C(=O)N1c1ccc(Cl)cc1. The van der Waals surface area contributed by atoms with Gasteiger partial charge < -0.3 is 0 Å². The van der Waals surface area contributed by atoms with E-state index in [1.807, 2.05) is 36.5 Å². The average Bonchev–Trinajstić information content (AvgIpc) is 3.28. The second-order valence-corrected chi connectivity index (χ2v) is 6.78. The van der Waals surface area contributed by atoms with E-state index in [-0.39, 0.29) is 18.5 Å². The van der Waals surface area contributed by atoms with Crippen molar-refractivity contribution >= 4 is 29.2 Å². The molecule has 1 unspecified atom stereocenters. The van der Waals surface area contributed by atoms with E-state index in [0.717, 1.165) is 11.3 Å². The largest absolute Gasteiger partial charge is 0.332 e. The van der Waals surface area contributed by atoms with Crippen LogP contribution < -0.4 is 4.90 Å². The number of anilines is 1. The minimum atomic E-state index is -0.554. The van der Waals surface area contributed by atoms with Gasteiger partial charge in [0.1, 0.15) is 6.04 Å². The first-order chi connectivity index (χ1) is 13.0. The van der Waals surface area contributed by atoms with E-state index in [9.17, 15) is 9.59 Å². The summed E-state index contributed by atoms with van der Waals surface area (Å²) in [5.41, 5.74) is 2.44. The molecule has 7 heteroatoms. The number of halogens is 1. The summed E-state index contributed by atoms with van der Waals surface area (Å²) in [6, 6.07) is 15.5. The Hall–Kier alpha value is -3.12. The second kappa shape index (κ2) is 6.89. The summed E-state index contributed by atoms with van der Waals surface area (Å²) in [5, 5.41) is 4.77. The van der Waals surface area contributed by atoms with E-state index < -0.39 is 6.04 Å². The van der Waals surface area contributed by atoms with Gasteiger partial charge in [0, 0.05) is 23.1 Å². The van der Waals surface area contributed by atoms with Crippen LogP contribution in [-0.2, 0) is 11.3 Å². The molecule has 1 atom stereocenters. The number of nitrogens with zero attached hydrogens (tertiary/aromatic N) is 4. The maximum absolute atomic E-state index is 12.9. The molecule has 0 bridgehead atoms. The lowest BCUT2D eigenvalue weighted by Gasteiger charge is -2.19. The Morgan fingerprint density at radius 3 is 2.30 bits per heavy atom. The normalized spacial score (nSPS) is 17.0. The Bertz CT molecular complexity index is 968. The number of amides is 3. The number of carbonyl (C=O) groups is 2. The first-order valence-corrected chi connectivity index (χ1v) is 8.91. The topological polar surface area (TPSA) is 58.4 Å². The smallest absolute Gasteiger partial charge is 0.282 e. The molecule has 0 spiro atoms. The monoisotopic (exact) mass is 380 g/mol. The van der Waals surface area contributed by atoms with Gasteiger partial charge in [0.2, 0.25) is 0 Å². The summed E-state index contributed by atoms with van der Waals surface area (Å²) >= 11 is 5.92. The highest BCUT2D eigenvalue weighted by Gasteiger charge is 2.43. The Balaban J connectivity index is 1.54. The Morgan fingerprint density at radius 2 is 1.67 bits per heavy atom. The van der Waals surface area contributed by atoms with Crippen LogP contribution in [0, 0.1) is 0 Å². The number of aromatic nitrogens is 2. The molecule has 0 radical (unpaired) electrons. The van der Waals surface area contributed by atoms with Crippen LogP contribution in [0.25, 0.3) is 5.69 Å². The maximum Gasteiger partial charge on any atom is 0.332 e. The fourth-order valence-corrected chi connectivity index (χ4v) is 3.29. The van der Waals surface area contributed by atoms with Crippen LogP contribution in [0.1, 0.15) is 12.5 Å². The van der Waals surface area contributed by atoms with Crippen LogP contribution in [0.5, 0.6) is 0 Å². The molecule has 3 aromatic rings. The van der Waals surface area contributed by atoms with Crippen molar-refractivity contribution in [3.05, 3.63) is 77.6 Å². The quantitative estimate of drug-likeness (QED) is 0.645. The molecule has 136 valence electrons. The molecule has 4 rings (SSSR count). The van der Waals surface area contributed by atoms with Crippen LogP contribution in [0.15, 0.2) is 67.0 Å². The number of carbonyl (C=O) groups excluding carboxylic acids is 2. The zero-order valence-electron chi connectivity index (χ0n) is 14.6. The molecule has 0 N–H and O–H groups in total. The highest BCUT2D eigenvalue weighted by Crippen LogP contribution is 2.28. The molecular formula is C20H17ClN4O2. The first-order valence-electron chi connectivity index (χ1n) is 8.54. The fraction of sp³-hybridized carbons (Fsp3) is 0.150. The highest BCUT2D eigenvalue weighted by molar-refractivity contribution is 6.30. The van der Waals surface area contributed by atoms with Crippen molar-refractivity contribution in [3.8, 4) is 5.69 Å². The van der Waals surface area contributed by atoms with Crippen molar-refractivity contribution in [3.63, 3.8) is 0 Å². The lowest BCUT2D eigenvalue weighted by Crippen LogP contribution is -2.33. The third-order valence-corrected chi connectivity index (χ3v) is 4.85. The zero-order valence-corrected chi connectivity index (χ0v) is 15.4. The first kappa shape index (κ1) is 17.3. The fourth-order valence-electron chi connectivity index (χ4n) is 3.17. The van der Waals surface area contributed by atoms with Gasteiger partial charge in [0.15, 0.2) is 0 Å². The van der Waals surface area contributed by atoms with Gasteiger partial charge in [-0.15, -0.1) is 0 Å². The molecule has 2 heterocycles. The zero-order chi connectivity index (χ0) is 19.0. The summed E-state index contributed by atoms with van der Waals surface area (Å²) in [6.45, 7) is 1.96. The van der Waals surface area contributed by atoms with Crippen molar-refractivity contribution in [2.45, 2.75) is 19.5 Å². The van der Waals surface area contributed by atoms with Gasteiger partial charge in [-0.2, -0.15) is 5.10 Å². The number of rotatable bonds is 4. The number of urea groups is 1.